The van der Waals surface area contributed by atoms with Crippen LogP contribution in [0.1, 0.15) is 19.3 Å². The third-order valence-electron chi connectivity index (χ3n) is 3.02. The first kappa shape index (κ1) is 24.2. The van der Waals surface area contributed by atoms with Gasteiger partial charge in [-0.1, -0.05) is 11.6 Å². The van der Waals surface area contributed by atoms with Crippen LogP contribution in [0.15, 0.2) is 17.0 Å². The van der Waals surface area contributed by atoms with Gasteiger partial charge in [0.05, 0.1) is 27.3 Å². The van der Waals surface area contributed by atoms with Gasteiger partial charge in [0.25, 0.3) is 0 Å². The lowest BCUT2D eigenvalue weighted by atomic mass is 10.2. The summed E-state index contributed by atoms with van der Waals surface area (Å²) in [5, 5.41) is -0.447. The maximum atomic E-state index is 13.7. The highest BCUT2D eigenvalue weighted by atomic mass is 35.5. The zero-order valence-corrected chi connectivity index (χ0v) is 15.9. The standard InChI is InChI=1S/C14H14ClF7O3S2/c15-9-6-10(16)11(7-12(9)26(23)8-13(17,18)19)25-4-2-1-3-5-27(24)14(20,21)22/h6-7H,1-5,8H2. The molecule has 0 aliphatic heterocycles. The summed E-state index contributed by atoms with van der Waals surface area (Å²) >= 11 is 5.62. The summed E-state index contributed by atoms with van der Waals surface area (Å²) in [5.41, 5.74) is -4.77. The Morgan fingerprint density at radius 3 is 2.19 bits per heavy atom. The Morgan fingerprint density at radius 2 is 1.63 bits per heavy atom. The highest BCUT2D eigenvalue weighted by molar-refractivity contribution is 7.85. The first-order valence-electron chi connectivity index (χ1n) is 7.33. The van der Waals surface area contributed by atoms with Crippen LogP contribution in [0.3, 0.4) is 0 Å². The number of hydrogen-bond donors (Lipinski definition) is 0. The molecule has 1 rings (SSSR count). The van der Waals surface area contributed by atoms with Gasteiger partial charge in [-0.3, -0.25) is 8.42 Å². The Bertz CT molecular complexity index is 693. The van der Waals surface area contributed by atoms with E-state index in [1.807, 2.05) is 0 Å². The normalized spacial score (nSPS) is 14.8. The molecular formula is C14H14ClF7O3S2. The minimum absolute atomic E-state index is 0.000565. The molecule has 3 nitrogen and oxygen atoms in total. The Balaban J connectivity index is 2.57. The highest BCUT2D eigenvalue weighted by Gasteiger charge is 2.36. The lowest BCUT2D eigenvalue weighted by molar-refractivity contribution is -0.105. The van der Waals surface area contributed by atoms with Crippen molar-refractivity contribution in [2.75, 3.05) is 18.1 Å². The average molecular weight is 463 g/mol. The van der Waals surface area contributed by atoms with E-state index in [0.29, 0.717) is 6.07 Å². The van der Waals surface area contributed by atoms with E-state index in [0.717, 1.165) is 6.07 Å². The zero-order chi connectivity index (χ0) is 20.8. The van der Waals surface area contributed by atoms with Crippen molar-refractivity contribution in [3.8, 4) is 5.75 Å². The van der Waals surface area contributed by atoms with Gasteiger partial charge in [0.15, 0.2) is 11.6 Å². The van der Waals surface area contributed by atoms with Gasteiger partial charge in [0.2, 0.25) is 0 Å². The molecule has 1 aromatic carbocycles. The lowest BCUT2D eigenvalue weighted by Crippen LogP contribution is -2.19. The largest absolute Gasteiger partial charge is 0.490 e. The van der Waals surface area contributed by atoms with Crippen molar-refractivity contribution in [1.29, 1.82) is 0 Å². The smallest absolute Gasteiger partial charge is 0.471 e. The van der Waals surface area contributed by atoms with Crippen molar-refractivity contribution < 1.29 is 43.9 Å². The lowest BCUT2D eigenvalue weighted by Gasteiger charge is -2.12. The van der Waals surface area contributed by atoms with E-state index in [2.05, 4.69) is 0 Å². The van der Waals surface area contributed by atoms with Crippen LogP contribution < -0.4 is 4.74 Å². The molecule has 13 heteroatoms. The van der Waals surface area contributed by atoms with Crippen LogP contribution in [0.25, 0.3) is 0 Å². The number of rotatable bonds is 9. The first-order chi connectivity index (χ1) is 12.3. The summed E-state index contributed by atoms with van der Waals surface area (Å²) in [4.78, 5) is -0.439. The maximum absolute atomic E-state index is 13.7. The molecular weight excluding hydrogens is 449 g/mol. The fraction of sp³-hybridized carbons (Fsp3) is 0.571. The zero-order valence-electron chi connectivity index (χ0n) is 13.5. The average Bonchev–Trinajstić information content (AvgIpc) is 2.49. The molecule has 0 aliphatic carbocycles. The molecule has 0 fully saturated rings. The van der Waals surface area contributed by atoms with Crippen LogP contribution in [-0.4, -0.2) is 38.2 Å². The minimum Gasteiger partial charge on any atom is -0.490 e. The Hall–Kier alpha value is -0.880. The van der Waals surface area contributed by atoms with Crippen molar-refractivity contribution in [2.24, 2.45) is 0 Å². The van der Waals surface area contributed by atoms with E-state index in [1.54, 1.807) is 0 Å². The molecule has 0 saturated carbocycles. The van der Waals surface area contributed by atoms with E-state index in [1.165, 1.54) is 0 Å². The molecule has 1 aromatic rings. The molecule has 27 heavy (non-hydrogen) atoms. The number of hydrogen-bond acceptors (Lipinski definition) is 3. The summed E-state index contributed by atoms with van der Waals surface area (Å²) in [6.45, 7) is -0.150. The third kappa shape index (κ3) is 8.77. The second-order valence-corrected chi connectivity index (χ2v) is 8.61. The van der Waals surface area contributed by atoms with Gasteiger partial charge in [-0.25, -0.2) is 4.39 Å². The van der Waals surface area contributed by atoms with Gasteiger partial charge in [-0.2, -0.15) is 26.3 Å². The maximum Gasteiger partial charge on any atom is 0.471 e. The molecule has 0 amide bonds. The minimum atomic E-state index is -4.77. The van der Waals surface area contributed by atoms with Crippen molar-refractivity contribution in [1.82, 2.24) is 0 Å². The van der Waals surface area contributed by atoms with Crippen LogP contribution >= 0.6 is 11.6 Å². The van der Waals surface area contributed by atoms with Gasteiger partial charge in [-0.15, -0.1) is 0 Å². The number of benzene rings is 1. The van der Waals surface area contributed by atoms with Crippen molar-refractivity contribution >= 4 is 33.2 Å². The van der Waals surface area contributed by atoms with Crippen molar-refractivity contribution in [3.63, 3.8) is 0 Å². The molecule has 2 atom stereocenters. The summed E-state index contributed by atoms with van der Waals surface area (Å²) in [6.07, 6.45) is -4.30. The summed E-state index contributed by atoms with van der Waals surface area (Å²) < 4.78 is 114. The third-order valence-corrected chi connectivity index (χ3v) is 6.03. The van der Waals surface area contributed by atoms with E-state index in [4.69, 9.17) is 16.3 Å². The van der Waals surface area contributed by atoms with Crippen LogP contribution in [0.5, 0.6) is 5.75 Å². The second kappa shape index (κ2) is 10.1. The molecule has 0 N–H and O–H groups in total. The molecule has 0 aliphatic rings. The van der Waals surface area contributed by atoms with E-state index in [9.17, 15) is 39.2 Å². The number of alkyl halides is 6. The first-order valence-corrected chi connectivity index (χ1v) is 10.3. The summed E-state index contributed by atoms with van der Waals surface area (Å²) in [5.74, 6) is -3.68. The van der Waals surface area contributed by atoms with Crippen LogP contribution in [0, 0.1) is 5.82 Å². The van der Waals surface area contributed by atoms with Crippen LogP contribution in [0.2, 0.25) is 5.02 Å². The fourth-order valence-electron chi connectivity index (χ4n) is 1.83. The molecule has 2 unspecified atom stereocenters. The van der Waals surface area contributed by atoms with Gasteiger partial charge in [0, 0.05) is 11.8 Å². The number of ether oxygens (including phenoxy) is 1. The quantitative estimate of drug-likeness (QED) is 0.384. The Labute approximate surface area is 160 Å². The predicted molar refractivity (Wildman–Crippen MR) is 87.2 cm³/mol. The van der Waals surface area contributed by atoms with E-state index >= 15 is 0 Å². The monoisotopic (exact) mass is 462 g/mol. The Morgan fingerprint density at radius 1 is 1.00 bits per heavy atom. The van der Waals surface area contributed by atoms with Crippen molar-refractivity contribution in [2.45, 2.75) is 35.8 Å². The molecule has 156 valence electrons. The molecule has 0 radical (unpaired) electrons. The summed E-state index contributed by atoms with van der Waals surface area (Å²) in [7, 11) is -5.49. The van der Waals surface area contributed by atoms with Crippen LogP contribution in [-0.2, 0) is 21.6 Å². The molecule has 0 bridgehead atoms. The second-order valence-electron chi connectivity index (χ2n) is 5.22. The molecule has 0 saturated heterocycles. The SMILES string of the molecule is O=S(CC(F)(F)F)c1cc(OCCCCCS(=O)C(F)(F)F)c(F)cc1Cl. The van der Waals surface area contributed by atoms with E-state index in [-0.39, 0.29) is 25.9 Å². The van der Waals surface area contributed by atoms with Gasteiger partial charge < -0.3 is 4.74 Å². The number of halogens is 8. The van der Waals surface area contributed by atoms with Gasteiger partial charge in [0.1, 0.15) is 16.6 Å². The summed E-state index contributed by atoms with van der Waals surface area (Å²) in [6, 6.07) is 1.48. The Kier molecular flexibility index (Phi) is 9.00. The fourth-order valence-corrected chi connectivity index (χ4v) is 3.91. The predicted octanol–water partition coefficient (Wildman–Crippen LogP) is 4.97. The molecule has 0 spiro atoms. The van der Waals surface area contributed by atoms with Crippen molar-refractivity contribution in [3.05, 3.63) is 23.0 Å². The highest BCUT2D eigenvalue weighted by Crippen LogP contribution is 2.31. The molecule has 0 aromatic heterocycles. The van der Waals surface area contributed by atoms with E-state index < -0.39 is 66.3 Å². The van der Waals surface area contributed by atoms with Crippen LogP contribution in [0.4, 0.5) is 30.7 Å². The van der Waals surface area contributed by atoms with Gasteiger partial charge in [-0.05, 0) is 25.3 Å². The van der Waals surface area contributed by atoms with Gasteiger partial charge >= 0.3 is 11.7 Å². The topological polar surface area (TPSA) is 43.4 Å². The molecule has 0 heterocycles. The number of unbranched alkanes of at least 4 members (excludes halogenated alkanes) is 2.